The minimum Gasteiger partial charge on any atom is -0.497 e. The zero-order chi connectivity index (χ0) is 13.8. The standard InChI is InChI=1S/C15H20N2O2/c1-10(15(16)18)4-3-5-12-8-11-9-13(19-2)6-7-14(11)17-12/h6-10,17H,3-5H2,1-2H3,(H2,16,18). The molecule has 0 aliphatic carbocycles. The molecule has 1 aromatic heterocycles. The SMILES string of the molecule is COc1ccc2[nH]c(CCCC(C)C(N)=O)cc2c1. The maximum Gasteiger partial charge on any atom is 0.220 e. The largest absolute Gasteiger partial charge is 0.497 e. The number of H-pyrrole nitrogens is 1. The molecular weight excluding hydrogens is 240 g/mol. The Balaban J connectivity index is 1.99. The molecular formula is C15H20N2O2. The van der Waals surface area contributed by atoms with Crippen molar-refractivity contribution in [3.63, 3.8) is 0 Å². The van der Waals surface area contributed by atoms with Crippen LogP contribution in [0.15, 0.2) is 24.3 Å². The molecule has 0 saturated carbocycles. The van der Waals surface area contributed by atoms with E-state index in [4.69, 9.17) is 10.5 Å². The Hall–Kier alpha value is -1.97. The second-order valence-corrected chi connectivity index (χ2v) is 4.94. The third-order valence-corrected chi connectivity index (χ3v) is 3.45. The third kappa shape index (κ3) is 3.28. The van der Waals surface area contributed by atoms with Crippen molar-refractivity contribution in [3.05, 3.63) is 30.0 Å². The molecule has 4 nitrogen and oxygen atoms in total. The fraction of sp³-hybridized carbons (Fsp3) is 0.400. The van der Waals surface area contributed by atoms with Gasteiger partial charge in [0.2, 0.25) is 5.91 Å². The molecule has 0 aliphatic rings. The normalized spacial score (nSPS) is 12.5. The highest BCUT2D eigenvalue weighted by atomic mass is 16.5. The monoisotopic (exact) mass is 260 g/mol. The molecule has 2 aromatic rings. The number of aryl methyl sites for hydroxylation is 1. The number of primary amides is 1. The van der Waals surface area contributed by atoms with Crippen LogP contribution in [-0.2, 0) is 11.2 Å². The second-order valence-electron chi connectivity index (χ2n) is 4.94. The van der Waals surface area contributed by atoms with E-state index in [1.165, 1.54) is 5.69 Å². The van der Waals surface area contributed by atoms with E-state index in [0.29, 0.717) is 0 Å². The molecule has 0 fully saturated rings. The molecule has 0 radical (unpaired) electrons. The number of hydrogen-bond donors (Lipinski definition) is 2. The van der Waals surface area contributed by atoms with Crippen molar-refractivity contribution in [1.29, 1.82) is 0 Å². The van der Waals surface area contributed by atoms with Crippen molar-refractivity contribution in [3.8, 4) is 5.75 Å². The summed E-state index contributed by atoms with van der Waals surface area (Å²) in [4.78, 5) is 14.3. The average molecular weight is 260 g/mol. The number of aromatic amines is 1. The van der Waals surface area contributed by atoms with Gasteiger partial charge in [-0.3, -0.25) is 4.79 Å². The predicted octanol–water partition coefficient (Wildman–Crippen LogP) is 2.62. The summed E-state index contributed by atoms with van der Waals surface area (Å²) in [5.74, 6) is 0.589. The Morgan fingerprint density at radius 1 is 1.42 bits per heavy atom. The fourth-order valence-corrected chi connectivity index (χ4v) is 2.17. The second kappa shape index (κ2) is 5.78. The van der Waals surface area contributed by atoms with Crippen LogP contribution in [0.25, 0.3) is 10.9 Å². The first-order valence-corrected chi connectivity index (χ1v) is 6.55. The van der Waals surface area contributed by atoms with Crippen molar-refractivity contribution in [2.24, 2.45) is 11.7 Å². The van der Waals surface area contributed by atoms with Gasteiger partial charge in [0.25, 0.3) is 0 Å². The smallest absolute Gasteiger partial charge is 0.220 e. The lowest BCUT2D eigenvalue weighted by molar-refractivity contribution is -0.121. The van der Waals surface area contributed by atoms with Crippen molar-refractivity contribution < 1.29 is 9.53 Å². The molecule has 1 heterocycles. The number of fused-ring (bicyclic) bond motifs is 1. The summed E-state index contributed by atoms with van der Waals surface area (Å²) in [5, 5.41) is 1.15. The van der Waals surface area contributed by atoms with Crippen LogP contribution < -0.4 is 10.5 Å². The van der Waals surface area contributed by atoms with Gasteiger partial charge in [-0.25, -0.2) is 0 Å². The van der Waals surface area contributed by atoms with Crippen LogP contribution in [-0.4, -0.2) is 18.0 Å². The lowest BCUT2D eigenvalue weighted by Gasteiger charge is -2.05. The highest BCUT2D eigenvalue weighted by molar-refractivity contribution is 5.82. The van der Waals surface area contributed by atoms with Gasteiger partial charge < -0.3 is 15.5 Å². The van der Waals surface area contributed by atoms with Gasteiger partial charge in [-0.1, -0.05) is 6.92 Å². The highest BCUT2D eigenvalue weighted by Crippen LogP contribution is 2.22. The van der Waals surface area contributed by atoms with Gasteiger partial charge in [-0.2, -0.15) is 0 Å². The van der Waals surface area contributed by atoms with Crippen LogP contribution in [0.1, 0.15) is 25.5 Å². The summed E-state index contributed by atoms with van der Waals surface area (Å²) in [6.07, 6.45) is 2.71. The van der Waals surface area contributed by atoms with E-state index in [9.17, 15) is 4.79 Å². The van der Waals surface area contributed by atoms with Gasteiger partial charge in [-0.05, 0) is 43.5 Å². The van der Waals surface area contributed by atoms with E-state index in [2.05, 4.69) is 11.1 Å². The van der Waals surface area contributed by atoms with Crippen molar-refractivity contribution in [2.45, 2.75) is 26.2 Å². The minimum atomic E-state index is -0.221. The van der Waals surface area contributed by atoms with Crippen LogP contribution in [0, 0.1) is 5.92 Å². The molecule has 0 aliphatic heterocycles. The molecule has 2 rings (SSSR count). The molecule has 19 heavy (non-hydrogen) atoms. The molecule has 102 valence electrons. The van der Waals surface area contributed by atoms with Crippen LogP contribution in [0.2, 0.25) is 0 Å². The van der Waals surface area contributed by atoms with Crippen LogP contribution in [0.5, 0.6) is 5.75 Å². The van der Waals surface area contributed by atoms with E-state index in [1.54, 1.807) is 7.11 Å². The van der Waals surface area contributed by atoms with Crippen molar-refractivity contribution in [1.82, 2.24) is 4.98 Å². The van der Waals surface area contributed by atoms with Crippen LogP contribution in [0.4, 0.5) is 0 Å². The summed E-state index contributed by atoms with van der Waals surface area (Å²) in [7, 11) is 1.67. The Morgan fingerprint density at radius 3 is 2.89 bits per heavy atom. The number of aromatic nitrogens is 1. The highest BCUT2D eigenvalue weighted by Gasteiger charge is 2.08. The van der Waals surface area contributed by atoms with Gasteiger partial charge >= 0.3 is 0 Å². The Kier molecular flexibility index (Phi) is 4.10. The Morgan fingerprint density at radius 2 is 2.21 bits per heavy atom. The Labute approximate surface area is 112 Å². The number of carbonyl (C=O) groups is 1. The minimum absolute atomic E-state index is 0.0514. The lowest BCUT2D eigenvalue weighted by atomic mass is 10.0. The number of hydrogen-bond acceptors (Lipinski definition) is 2. The fourth-order valence-electron chi connectivity index (χ4n) is 2.17. The summed E-state index contributed by atoms with van der Waals surface area (Å²) in [5.41, 5.74) is 7.54. The lowest BCUT2D eigenvalue weighted by Crippen LogP contribution is -2.20. The Bertz CT molecular complexity index is 575. The van der Waals surface area contributed by atoms with Gasteiger partial charge in [0.05, 0.1) is 7.11 Å². The average Bonchev–Trinajstić information content (AvgIpc) is 2.79. The number of carbonyl (C=O) groups excluding carboxylic acids is 1. The predicted molar refractivity (Wildman–Crippen MR) is 76.1 cm³/mol. The molecule has 1 atom stereocenters. The topological polar surface area (TPSA) is 68.1 Å². The van der Waals surface area contributed by atoms with E-state index < -0.39 is 0 Å². The quantitative estimate of drug-likeness (QED) is 0.838. The maximum atomic E-state index is 11.0. The molecule has 4 heteroatoms. The van der Waals surface area contributed by atoms with Gasteiger partial charge in [0, 0.05) is 22.5 Å². The van der Waals surface area contributed by atoms with E-state index in [-0.39, 0.29) is 11.8 Å². The van der Waals surface area contributed by atoms with Gasteiger partial charge in [0.15, 0.2) is 0 Å². The number of methoxy groups -OCH3 is 1. The number of nitrogens with one attached hydrogen (secondary N) is 1. The molecule has 1 unspecified atom stereocenters. The summed E-state index contributed by atoms with van der Waals surface area (Å²) in [6.45, 7) is 1.87. The first-order valence-electron chi connectivity index (χ1n) is 6.55. The molecule has 0 bridgehead atoms. The number of benzene rings is 1. The zero-order valence-corrected chi connectivity index (χ0v) is 11.4. The summed E-state index contributed by atoms with van der Waals surface area (Å²) in [6, 6.07) is 8.11. The van der Waals surface area contributed by atoms with Crippen molar-refractivity contribution in [2.75, 3.05) is 7.11 Å². The van der Waals surface area contributed by atoms with Crippen LogP contribution in [0.3, 0.4) is 0 Å². The molecule has 0 spiro atoms. The third-order valence-electron chi connectivity index (χ3n) is 3.45. The van der Waals surface area contributed by atoms with E-state index >= 15 is 0 Å². The number of amides is 1. The number of nitrogens with two attached hydrogens (primary N) is 1. The molecule has 1 aromatic carbocycles. The van der Waals surface area contributed by atoms with Crippen LogP contribution >= 0.6 is 0 Å². The molecule has 3 N–H and O–H groups in total. The summed E-state index contributed by atoms with van der Waals surface area (Å²) < 4.78 is 5.21. The zero-order valence-electron chi connectivity index (χ0n) is 11.4. The van der Waals surface area contributed by atoms with Gasteiger partial charge in [0.1, 0.15) is 5.75 Å². The first-order chi connectivity index (χ1) is 9.10. The van der Waals surface area contributed by atoms with Gasteiger partial charge in [-0.15, -0.1) is 0 Å². The molecule has 0 saturated heterocycles. The van der Waals surface area contributed by atoms with Crippen molar-refractivity contribution >= 4 is 16.8 Å². The number of rotatable bonds is 6. The number of ether oxygens (including phenoxy) is 1. The first kappa shape index (κ1) is 13.5. The summed E-state index contributed by atoms with van der Waals surface area (Å²) >= 11 is 0. The van der Waals surface area contributed by atoms with E-state index in [1.807, 2.05) is 25.1 Å². The molecule has 1 amide bonds. The van der Waals surface area contributed by atoms with E-state index in [0.717, 1.165) is 35.9 Å². The maximum absolute atomic E-state index is 11.0.